The number of thiol groups is 1. The van der Waals surface area contributed by atoms with Crippen LogP contribution in [0.5, 0.6) is 0 Å². The number of aliphatic hydroxyl groups is 1. The molecule has 0 saturated heterocycles. The highest BCUT2D eigenvalue weighted by molar-refractivity contribution is 7.80. The molecule has 0 saturated carbocycles. The lowest BCUT2D eigenvalue weighted by Crippen LogP contribution is -2.15. The monoisotopic (exact) mass is 288 g/mol. The van der Waals surface area contributed by atoms with Crippen LogP contribution in [-0.4, -0.2) is 17.7 Å². The van der Waals surface area contributed by atoms with Crippen molar-refractivity contribution in [2.45, 2.75) is 17.9 Å². The maximum absolute atomic E-state index is 11.5. The van der Waals surface area contributed by atoms with E-state index >= 15 is 0 Å². The lowest BCUT2D eigenvalue weighted by molar-refractivity contribution is -0.153. The molecule has 0 spiro atoms. The number of hydrogen-bond donors (Lipinski definition) is 2. The number of rotatable bonds is 4. The van der Waals surface area contributed by atoms with Crippen LogP contribution in [0.3, 0.4) is 0 Å². The second-order valence-electron chi connectivity index (χ2n) is 4.32. The van der Waals surface area contributed by atoms with Gasteiger partial charge in [0, 0.05) is 4.90 Å². The van der Waals surface area contributed by atoms with Gasteiger partial charge < -0.3 is 9.84 Å². The maximum Gasteiger partial charge on any atom is 0.339 e. The fourth-order valence-corrected chi connectivity index (χ4v) is 2.02. The molecule has 0 aliphatic carbocycles. The first-order valence-corrected chi connectivity index (χ1v) is 6.80. The maximum atomic E-state index is 11.5. The van der Waals surface area contributed by atoms with Crippen LogP contribution in [-0.2, 0) is 9.53 Å². The number of hydrogen-bond acceptors (Lipinski definition) is 4. The standard InChI is InChI=1S/C16H16O3S/c1-2-19-16(18)15(17)13-5-3-11(4-6-13)12-7-9-14(20)10-8-12/h3-10,15,17,20H,2H2,1H3. The van der Waals surface area contributed by atoms with Gasteiger partial charge in [0.1, 0.15) is 0 Å². The van der Waals surface area contributed by atoms with Crippen molar-refractivity contribution in [1.82, 2.24) is 0 Å². The Labute approximate surface area is 123 Å². The summed E-state index contributed by atoms with van der Waals surface area (Å²) in [6.07, 6.45) is -1.23. The zero-order chi connectivity index (χ0) is 14.5. The molecule has 1 atom stereocenters. The summed E-state index contributed by atoms with van der Waals surface area (Å²) in [5.74, 6) is -0.625. The van der Waals surface area contributed by atoms with Crippen molar-refractivity contribution >= 4 is 18.6 Å². The Hall–Kier alpha value is -1.78. The molecule has 0 aliphatic heterocycles. The molecule has 104 valence electrons. The summed E-state index contributed by atoms with van der Waals surface area (Å²) in [6, 6.07) is 15.0. The average molecular weight is 288 g/mol. The molecule has 0 radical (unpaired) electrons. The van der Waals surface area contributed by atoms with E-state index in [1.807, 2.05) is 36.4 Å². The molecule has 0 aliphatic rings. The molecule has 1 unspecified atom stereocenters. The van der Waals surface area contributed by atoms with E-state index in [9.17, 15) is 9.90 Å². The second kappa shape index (κ2) is 6.59. The molecule has 1 N–H and O–H groups in total. The molecule has 0 aromatic heterocycles. The summed E-state index contributed by atoms with van der Waals surface area (Å²) < 4.78 is 4.79. The topological polar surface area (TPSA) is 46.5 Å². The van der Waals surface area contributed by atoms with E-state index in [4.69, 9.17) is 4.74 Å². The zero-order valence-corrected chi connectivity index (χ0v) is 12.0. The number of carbonyl (C=O) groups is 1. The van der Waals surface area contributed by atoms with Gasteiger partial charge in [0.25, 0.3) is 0 Å². The van der Waals surface area contributed by atoms with Gasteiger partial charge in [0.05, 0.1) is 6.61 Å². The fraction of sp³-hybridized carbons (Fsp3) is 0.188. The van der Waals surface area contributed by atoms with Crippen LogP contribution in [0, 0.1) is 0 Å². The van der Waals surface area contributed by atoms with E-state index in [0.717, 1.165) is 16.0 Å². The van der Waals surface area contributed by atoms with Crippen LogP contribution in [0.25, 0.3) is 11.1 Å². The summed E-state index contributed by atoms with van der Waals surface area (Å²) in [4.78, 5) is 12.4. The van der Waals surface area contributed by atoms with Crippen LogP contribution in [0.1, 0.15) is 18.6 Å². The number of carbonyl (C=O) groups excluding carboxylic acids is 1. The fourth-order valence-electron chi connectivity index (χ4n) is 1.87. The Morgan fingerprint density at radius 2 is 1.60 bits per heavy atom. The summed E-state index contributed by atoms with van der Waals surface area (Å²) in [5, 5.41) is 9.83. The highest BCUT2D eigenvalue weighted by Crippen LogP contribution is 2.23. The van der Waals surface area contributed by atoms with Crippen LogP contribution in [0.4, 0.5) is 0 Å². The third-order valence-electron chi connectivity index (χ3n) is 2.94. The zero-order valence-electron chi connectivity index (χ0n) is 11.1. The predicted octanol–water partition coefficient (Wildman–Crippen LogP) is 3.24. The van der Waals surface area contributed by atoms with Gasteiger partial charge >= 0.3 is 5.97 Å². The third kappa shape index (κ3) is 3.40. The Balaban J connectivity index is 2.17. The largest absolute Gasteiger partial charge is 0.464 e. The Morgan fingerprint density at radius 3 is 2.10 bits per heavy atom. The minimum Gasteiger partial charge on any atom is -0.464 e. The van der Waals surface area contributed by atoms with Crippen molar-refractivity contribution < 1.29 is 14.6 Å². The summed E-state index contributed by atoms with van der Waals surface area (Å²) in [6.45, 7) is 1.96. The smallest absolute Gasteiger partial charge is 0.339 e. The third-order valence-corrected chi connectivity index (χ3v) is 3.24. The summed E-state index contributed by atoms with van der Waals surface area (Å²) >= 11 is 4.25. The number of aliphatic hydroxyl groups excluding tert-OH is 1. The minimum atomic E-state index is -1.23. The molecule has 2 aromatic carbocycles. The van der Waals surface area contributed by atoms with E-state index in [-0.39, 0.29) is 6.61 Å². The van der Waals surface area contributed by atoms with Gasteiger partial charge in [0.2, 0.25) is 0 Å². The van der Waals surface area contributed by atoms with Crippen molar-refractivity contribution in [2.24, 2.45) is 0 Å². The molecular weight excluding hydrogens is 272 g/mol. The van der Waals surface area contributed by atoms with Crippen molar-refractivity contribution in [3.05, 3.63) is 54.1 Å². The molecule has 0 bridgehead atoms. The Kier molecular flexibility index (Phi) is 4.82. The van der Waals surface area contributed by atoms with Crippen LogP contribution < -0.4 is 0 Å². The second-order valence-corrected chi connectivity index (χ2v) is 4.84. The molecular formula is C16H16O3S. The minimum absolute atomic E-state index is 0.254. The quantitative estimate of drug-likeness (QED) is 0.670. The first-order chi connectivity index (χ1) is 9.61. The Morgan fingerprint density at radius 1 is 1.10 bits per heavy atom. The highest BCUT2D eigenvalue weighted by atomic mass is 32.1. The highest BCUT2D eigenvalue weighted by Gasteiger charge is 2.18. The molecule has 20 heavy (non-hydrogen) atoms. The Bertz CT molecular complexity index is 576. The van der Waals surface area contributed by atoms with E-state index in [1.54, 1.807) is 19.1 Å². The van der Waals surface area contributed by atoms with Gasteiger partial charge in [-0.1, -0.05) is 36.4 Å². The van der Waals surface area contributed by atoms with Crippen LogP contribution >= 0.6 is 12.6 Å². The number of esters is 1. The first kappa shape index (κ1) is 14.6. The van der Waals surface area contributed by atoms with Crippen LogP contribution in [0.15, 0.2) is 53.4 Å². The van der Waals surface area contributed by atoms with E-state index in [1.165, 1.54) is 0 Å². The average Bonchev–Trinajstić information content (AvgIpc) is 2.48. The van der Waals surface area contributed by atoms with Gasteiger partial charge in [-0.25, -0.2) is 4.79 Å². The molecule has 0 fully saturated rings. The molecule has 0 amide bonds. The molecule has 2 aromatic rings. The molecule has 3 nitrogen and oxygen atoms in total. The predicted molar refractivity (Wildman–Crippen MR) is 80.7 cm³/mol. The van der Waals surface area contributed by atoms with Gasteiger partial charge in [-0.15, -0.1) is 12.6 Å². The van der Waals surface area contributed by atoms with Gasteiger partial charge in [-0.3, -0.25) is 0 Å². The number of ether oxygens (including phenoxy) is 1. The van der Waals surface area contributed by atoms with Gasteiger partial charge in [0.15, 0.2) is 6.10 Å². The van der Waals surface area contributed by atoms with Crippen molar-refractivity contribution in [3.8, 4) is 11.1 Å². The summed E-state index contributed by atoms with van der Waals surface area (Å²) in [7, 11) is 0. The first-order valence-electron chi connectivity index (χ1n) is 6.36. The van der Waals surface area contributed by atoms with Crippen molar-refractivity contribution in [3.63, 3.8) is 0 Å². The van der Waals surface area contributed by atoms with E-state index < -0.39 is 12.1 Å². The van der Waals surface area contributed by atoms with Crippen molar-refractivity contribution in [1.29, 1.82) is 0 Å². The molecule has 2 rings (SSSR count). The lowest BCUT2D eigenvalue weighted by atomic mass is 10.0. The van der Waals surface area contributed by atoms with Crippen LogP contribution in [0.2, 0.25) is 0 Å². The van der Waals surface area contributed by atoms with Crippen molar-refractivity contribution in [2.75, 3.05) is 6.61 Å². The number of benzene rings is 2. The van der Waals surface area contributed by atoms with Gasteiger partial charge in [-0.05, 0) is 35.7 Å². The van der Waals surface area contributed by atoms with E-state index in [2.05, 4.69) is 12.6 Å². The molecule has 4 heteroatoms. The van der Waals surface area contributed by atoms with E-state index in [0.29, 0.717) is 5.56 Å². The summed E-state index contributed by atoms with van der Waals surface area (Å²) in [5.41, 5.74) is 2.59. The normalized spacial score (nSPS) is 11.9. The lowest BCUT2D eigenvalue weighted by Gasteiger charge is -2.10. The molecule has 0 heterocycles. The SMILES string of the molecule is CCOC(=O)C(O)c1ccc(-c2ccc(S)cc2)cc1. The van der Waals surface area contributed by atoms with Gasteiger partial charge in [-0.2, -0.15) is 0 Å².